The highest BCUT2D eigenvalue weighted by Crippen LogP contribution is 2.23. The summed E-state index contributed by atoms with van der Waals surface area (Å²) in [5, 5.41) is 8.79. The monoisotopic (exact) mass is 275 g/mol. The van der Waals surface area contributed by atoms with Gasteiger partial charge in [0.2, 0.25) is 0 Å². The Hall–Kier alpha value is -0.950. The summed E-state index contributed by atoms with van der Waals surface area (Å²) in [6.45, 7) is 1.09. The number of aliphatic hydroxyl groups is 1. The van der Waals surface area contributed by atoms with E-state index in [4.69, 9.17) is 5.11 Å². The highest BCUT2D eigenvalue weighted by molar-refractivity contribution is 7.99. The summed E-state index contributed by atoms with van der Waals surface area (Å²) < 4.78 is 0. The van der Waals surface area contributed by atoms with Gasteiger partial charge in [0.05, 0.1) is 6.61 Å². The highest BCUT2D eigenvalue weighted by Gasteiger charge is 2.20. The van der Waals surface area contributed by atoms with Crippen molar-refractivity contribution in [3.8, 4) is 11.8 Å². The normalized spacial score (nSPS) is 18.4. The lowest BCUT2D eigenvalue weighted by Crippen LogP contribution is -2.31. The third-order valence-corrected chi connectivity index (χ3v) is 4.57. The third kappa shape index (κ3) is 4.28. The molecular weight excluding hydrogens is 254 g/mol. The van der Waals surface area contributed by atoms with Crippen molar-refractivity contribution in [2.45, 2.75) is 25.4 Å². The first-order valence-electron chi connectivity index (χ1n) is 6.77. The molecule has 3 heteroatoms. The van der Waals surface area contributed by atoms with E-state index >= 15 is 0 Å². The molecule has 1 aromatic carbocycles. The molecule has 0 saturated carbocycles. The smallest absolute Gasteiger partial charge is 0.0540 e. The van der Waals surface area contributed by atoms with Gasteiger partial charge < -0.3 is 5.11 Å². The van der Waals surface area contributed by atoms with Crippen molar-refractivity contribution in [3.63, 3.8) is 0 Å². The van der Waals surface area contributed by atoms with Crippen LogP contribution in [0.25, 0.3) is 0 Å². The van der Waals surface area contributed by atoms with Crippen molar-refractivity contribution in [3.05, 3.63) is 35.4 Å². The Kier molecular flexibility index (Phi) is 5.78. The Morgan fingerprint density at radius 3 is 3.00 bits per heavy atom. The summed E-state index contributed by atoms with van der Waals surface area (Å²) in [6, 6.07) is 9.02. The summed E-state index contributed by atoms with van der Waals surface area (Å²) in [5.41, 5.74) is 2.38. The lowest BCUT2D eigenvalue weighted by Gasteiger charge is -2.24. The van der Waals surface area contributed by atoms with Gasteiger partial charge in [0.1, 0.15) is 0 Å². The Morgan fingerprint density at radius 1 is 1.42 bits per heavy atom. The lowest BCUT2D eigenvalue weighted by atomic mass is 10.1. The maximum atomic E-state index is 8.79. The van der Waals surface area contributed by atoms with E-state index in [9.17, 15) is 0 Å². The molecule has 2 nitrogen and oxygen atoms in total. The molecular formula is C16H21NOS. The van der Waals surface area contributed by atoms with Crippen LogP contribution < -0.4 is 0 Å². The first kappa shape index (κ1) is 14.5. The summed E-state index contributed by atoms with van der Waals surface area (Å²) >= 11 is 2.04. The second-order valence-electron chi connectivity index (χ2n) is 4.87. The molecule has 1 unspecified atom stereocenters. The molecule has 1 fully saturated rings. The second kappa shape index (κ2) is 7.59. The molecule has 19 heavy (non-hydrogen) atoms. The zero-order chi connectivity index (χ0) is 13.5. The predicted octanol–water partition coefficient (Wildman–Crippen LogP) is 2.36. The fraction of sp³-hybridized carbons (Fsp3) is 0.500. The Balaban J connectivity index is 2.05. The van der Waals surface area contributed by atoms with Crippen molar-refractivity contribution in [1.82, 2.24) is 4.90 Å². The molecule has 102 valence electrons. The van der Waals surface area contributed by atoms with Crippen molar-refractivity contribution in [1.29, 1.82) is 0 Å². The van der Waals surface area contributed by atoms with Crippen LogP contribution >= 0.6 is 11.8 Å². The number of nitrogens with zero attached hydrogens (tertiary/aromatic N) is 1. The van der Waals surface area contributed by atoms with Crippen LogP contribution in [0.3, 0.4) is 0 Å². The molecule has 0 amide bonds. The maximum Gasteiger partial charge on any atom is 0.0540 e. The summed E-state index contributed by atoms with van der Waals surface area (Å²) in [7, 11) is 2.20. The number of hydrogen-bond acceptors (Lipinski definition) is 3. The maximum absolute atomic E-state index is 8.79. The van der Waals surface area contributed by atoms with Crippen LogP contribution in [0.2, 0.25) is 0 Å². The van der Waals surface area contributed by atoms with Crippen LogP contribution in [0.5, 0.6) is 0 Å². The summed E-state index contributed by atoms with van der Waals surface area (Å²) in [6.07, 6.45) is 1.84. The molecule has 1 aliphatic rings. The fourth-order valence-electron chi connectivity index (χ4n) is 2.26. The van der Waals surface area contributed by atoms with Crippen molar-refractivity contribution in [2.24, 2.45) is 0 Å². The molecule has 1 aliphatic heterocycles. The largest absolute Gasteiger partial charge is 0.395 e. The molecule has 1 heterocycles. The average Bonchev–Trinajstić information content (AvgIpc) is 2.95. The minimum atomic E-state index is 0.133. The molecule has 0 aliphatic carbocycles. The lowest BCUT2D eigenvalue weighted by molar-refractivity contribution is 0.254. The molecule has 0 aromatic heterocycles. The minimum absolute atomic E-state index is 0.133. The summed E-state index contributed by atoms with van der Waals surface area (Å²) in [5.74, 6) is 8.71. The van der Waals surface area contributed by atoms with E-state index in [1.54, 1.807) is 0 Å². The van der Waals surface area contributed by atoms with E-state index in [-0.39, 0.29) is 6.61 Å². The van der Waals surface area contributed by atoms with Gasteiger partial charge >= 0.3 is 0 Å². The molecule has 0 bridgehead atoms. The van der Waals surface area contributed by atoms with E-state index in [0.29, 0.717) is 12.5 Å². The molecule has 1 aromatic rings. The highest BCUT2D eigenvalue weighted by atomic mass is 32.2. The average molecular weight is 275 g/mol. The van der Waals surface area contributed by atoms with Crippen molar-refractivity contribution in [2.75, 3.05) is 25.2 Å². The summed E-state index contributed by atoms with van der Waals surface area (Å²) in [4.78, 5) is 2.44. The number of rotatable bonds is 4. The van der Waals surface area contributed by atoms with E-state index in [1.807, 2.05) is 17.8 Å². The molecule has 0 radical (unpaired) electrons. The van der Waals surface area contributed by atoms with Crippen LogP contribution in [0.4, 0.5) is 0 Å². The van der Waals surface area contributed by atoms with Crippen LogP contribution in [0.15, 0.2) is 24.3 Å². The second-order valence-corrected chi connectivity index (χ2v) is 6.01. The van der Waals surface area contributed by atoms with Crippen LogP contribution in [0.1, 0.15) is 24.0 Å². The number of thioether (sulfide) groups is 1. The fourth-order valence-corrected chi connectivity index (χ4v) is 3.56. The van der Waals surface area contributed by atoms with E-state index in [0.717, 1.165) is 12.1 Å². The topological polar surface area (TPSA) is 23.5 Å². The molecule has 1 N–H and O–H groups in total. The first-order chi connectivity index (χ1) is 9.31. The van der Waals surface area contributed by atoms with E-state index in [2.05, 4.69) is 42.0 Å². The zero-order valence-electron chi connectivity index (χ0n) is 11.4. The molecule has 1 saturated heterocycles. The van der Waals surface area contributed by atoms with Gasteiger partial charge in [-0.1, -0.05) is 30.0 Å². The third-order valence-electron chi connectivity index (χ3n) is 3.43. The molecule has 2 rings (SSSR count). The number of hydrogen-bond donors (Lipinski definition) is 1. The van der Waals surface area contributed by atoms with Crippen LogP contribution in [-0.4, -0.2) is 41.2 Å². The van der Waals surface area contributed by atoms with Gasteiger partial charge in [-0.3, -0.25) is 4.90 Å². The van der Waals surface area contributed by atoms with Crippen LogP contribution in [-0.2, 0) is 6.54 Å². The van der Waals surface area contributed by atoms with Crippen molar-refractivity contribution >= 4 is 11.8 Å². The van der Waals surface area contributed by atoms with Crippen molar-refractivity contribution < 1.29 is 5.11 Å². The standard InChI is InChI=1S/C16H21NOS/c1-17(16-9-11-19-13-16)12-15-8-3-2-6-14(15)7-4-5-10-18/h2-3,6,8,16,18H,5,9-13H2,1H3. The van der Waals surface area contributed by atoms with Gasteiger partial charge in [-0.15, -0.1) is 0 Å². The van der Waals surface area contributed by atoms with Gasteiger partial charge in [0.15, 0.2) is 0 Å². The van der Waals surface area contributed by atoms with E-state index in [1.165, 1.54) is 23.5 Å². The quantitative estimate of drug-likeness (QED) is 0.853. The van der Waals surface area contributed by atoms with Gasteiger partial charge in [0.25, 0.3) is 0 Å². The van der Waals surface area contributed by atoms with Gasteiger partial charge in [-0.05, 0) is 30.9 Å². The van der Waals surface area contributed by atoms with Crippen LogP contribution in [0, 0.1) is 11.8 Å². The van der Waals surface area contributed by atoms with Gasteiger partial charge in [0, 0.05) is 30.3 Å². The predicted molar refractivity (Wildman–Crippen MR) is 82.2 cm³/mol. The zero-order valence-corrected chi connectivity index (χ0v) is 12.2. The Bertz CT molecular complexity index is 457. The first-order valence-corrected chi connectivity index (χ1v) is 7.92. The Labute approximate surface area is 120 Å². The Morgan fingerprint density at radius 2 is 2.26 bits per heavy atom. The molecule has 1 atom stereocenters. The minimum Gasteiger partial charge on any atom is -0.395 e. The van der Waals surface area contributed by atoms with Gasteiger partial charge in [-0.25, -0.2) is 0 Å². The number of benzene rings is 1. The SMILES string of the molecule is CN(Cc1ccccc1C#CCCO)C1CCSC1. The van der Waals surface area contributed by atoms with Gasteiger partial charge in [-0.2, -0.15) is 11.8 Å². The molecule has 0 spiro atoms. The van der Waals surface area contributed by atoms with E-state index < -0.39 is 0 Å². The number of aliphatic hydroxyl groups excluding tert-OH is 1.